The summed E-state index contributed by atoms with van der Waals surface area (Å²) in [5.74, 6) is 0.226. The fourth-order valence-corrected chi connectivity index (χ4v) is 1.75. The Morgan fingerprint density at radius 3 is 2.64 bits per heavy atom. The molecule has 0 aliphatic carbocycles. The lowest BCUT2D eigenvalue weighted by Gasteiger charge is -2.23. The molecule has 0 bridgehead atoms. The molecule has 3 nitrogen and oxygen atoms in total. The fourth-order valence-electron chi connectivity index (χ4n) is 1.35. The summed E-state index contributed by atoms with van der Waals surface area (Å²) in [6.45, 7) is 1.45. The SMILES string of the molecule is Oc1ccc(C2OCCCO2)cc1Br. The number of phenols is 1. The van der Waals surface area contributed by atoms with Crippen LogP contribution in [0.15, 0.2) is 22.7 Å². The van der Waals surface area contributed by atoms with E-state index < -0.39 is 0 Å². The van der Waals surface area contributed by atoms with Gasteiger partial charge in [0.05, 0.1) is 17.7 Å². The van der Waals surface area contributed by atoms with Crippen molar-refractivity contribution in [1.82, 2.24) is 0 Å². The van der Waals surface area contributed by atoms with Crippen molar-refractivity contribution in [2.45, 2.75) is 12.7 Å². The van der Waals surface area contributed by atoms with E-state index in [0.29, 0.717) is 4.47 Å². The van der Waals surface area contributed by atoms with Crippen LogP contribution in [0.1, 0.15) is 18.3 Å². The van der Waals surface area contributed by atoms with Crippen LogP contribution in [-0.4, -0.2) is 18.3 Å². The van der Waals surface area contributed by atoms with Crippen molar-refractivity contribution in [2.75, 3.05) is 13.2 Å². The molecule has 0 atom stereocenters. The minimum Gasteiger partial charge on any atom is -0.507 e. The quantitative estimate of drug-likeness (QED) is 0.842. The van der Waals surface area contributed by atoms with Crippen LogP contribution >= 0.6 is 15.9 Å². The van der Waals surface area contributed by atoms with Gasteiger partial charge in [0, 0.05) is 5.56 Å². The van der Waals surface area contributed by atoms with E-state index in [2.05, 4.69) is 15.9 Å². The largest absolute Gasteiger partial charge is 0.507 e. The van der Waals surface area contributed by atoms with Crippen LogP contribution in [-0.2, 0) is 9.47 Å². The Kier molecular flexibility index (Phi) is 3.05. The minimum atomic E-state index is -0.291. The average molecular weight is 259 g/mol. The lowest BCUT2D eigenvalue weighted by molar-refractivity contribution is -0.183. The first kappa shape index (κ1) is 9.96. The number of halogens is 1. The van der Waals surface area contributed by atoms with Gasteiger partial charge in [0.25, 0.3) is 0 Å². The molecule has 0 unspecified atom stereocenters. The van der Waals surface area contributed by atoms with Crippen LogP contribution in [0.4, 0.5) is 0 Å². The molecule has 0 saturated carbocycles. The Balaban J connectivity index is 2.18. The van der Waals surface area contributed by atoms with Gasteiger partial charge in [0.15, 0.2) is 6.29 Å². The van der Waals surface area contributed by atoms with Gasteiger partial charge in [-0.2, -0.15) is 0 Å². The van der Waals surface area contributed by atoms with Gasteiger partial charge in [-0.3, -0.25) is 0 Å². The van der Waals surface area contributed by atoms with E-state index in [9.17, 15) is 5.11 Å². The molecule has 4 heteroatoms. The zero-order valence-electron chi connectivity index (χ0n) is 7.57. The van der Waals surface area contributed by atoms with Crippen LogP contribution in [0.2, 0.25) is 0 Å². The lowest BCUT2D eigenvalue weighted by atomic mass is 10.2. The van der Waals surface area contributed by atoms with Gasteiger partial charge < -0.3 is 14.6 Å². The van der Waals surface area contributed by atoms with E-state index in [1.807, 2.05) is 6.07 Å². The second-order valence-corrected chi connectivity index (χ2v) is 3.99. The van der Waals surface area contributed by atoms with Crippen molar-refractivity contribution in [3.63, 3.8) is 0 Å². The molecule has 1 saturated heterocycles. The minimum absolute atomic E-state index is 0.226. The number of hydrogen-bond donors (Lipinski definition) is 1. The second-order valence-electron chi connectivity index (χ2n) is 3.14. The van der Waals surface area contributed by atoms with E-state index in [4.69, 9.17) is 9.47 Å². The molecule has 0 aromatic heterocycles. The first-order valence-corrected chi connectivity index (χ1v) is 5.28. The number of phenolic OH excluding ortho intramolecular Hbond substituents is 1. The number of ether oxygens (including phenoxy) is 2. The third-order valence-corrected chi connectivity index (χ3v) is 2.71. The van der Waals surface area contributed by atoms with Crippen molar-refractivity contribution < 1.29 is 14.6 Å². The topological polar surface area (TPSA) is 38.7 Å². The molecule has 0 amide bonds. The van der Waals surface area contributed by atoms with Crippen molar-refractivity contribution >= 4 is 15.9 Å². The van der Waals surface area contributed by atoms with Crippen molar-refractivity contribution in [1.29, 1.82) is 0 Å². The molecule has 1 fully saturated rings. The monoisotopic (exact) mass is 258 g/mol. The van der Waals surface area contributed by atoms with Gasteiger partial charge in [-0.25, -0.2) is 0 Å². The van der Waals surface area contributed by atoms with Gasteiger partial charge in [-0.15, -0.1) is 0 Å². The van der Waals surface area contributed by atoms with Gasteiger partial charge >= 0.3 is 0 Å². The maximum Gasteiger partial charge on any atom is 0.183 e. The van der Waals surface area contributed by atoms with Gasteiger partial charge in [-0.05, 0) is 34.5 Å². The third kappa shape index (κ3) is 2.08. The summed E-state index contributed by atoms with van der Waals surface area (Å²) < 4.78 is 11.5. The summed E-state index contributed by atoms with van der Waals surface area (Å²) in [5.41, 5.74) is 0.925. The van der Waals surface area contributed by atoms with Crippen LogP contribution in [0.3, 0.4) is 0 Å². The second kappa shape index (κ2) is 4.29. The Morgan fingerprint density at radius 1 is 1.29 bits per heavy atom. The zero-order chi connectivity index (χ0) is 9.97. The van der Waals surface area contributed by atoms with Crippen LogP contribution < -0.4 is 0 Å². The molecular weight excluding hydrogens is 248 g/mol. The summed E-state index contributed by atoms with van der Waals surface area (Å²) >= 11 is 3.25. The molecule has 0 radical (unpaired) electrons. The molecule has 1 heterocycles. The van der Waals surface area contributed by atoms with E-state index in [-0.39, 0.29) is 12.0 Å². The van der Waals surface area contributed by atoms with E-state index in [1.54, 1.807) is 12.1 Å². The molecule has 0 spiro atoms. The van der Waals surface area contributed by atoms with Gasteiger partial charge in [0.1, 0.15) is 5.75 Å². The molecule has 1 aromatic carbocycles. The lowest BCUT2D eigenvalue weighted by Crippen LogP contribution is -2.17. The fraction of sp³-hybridized carbons (Fsp3) is 0.400. The number of rotatable bonds is 1. The Bertz CT molecular complexity index is 321. The summed E-state index contributed by atoms with van der Waals surface area (Å²) in [7, 11) is 0. The van der Waals surface area contributed by atoms with Crippen molar-refractivity contribution in [3.8, 4) is 5.75 Å². The highest BCUT2D eigenvalue weighted by atomic mass is 79.9. The third-order valence-electron chi connectivity index (χ3n) is 2.07. The molecule has 14 heavy (non-hydrogen) atoms. The Labute approximate surface area is 90.8 Å². The molecule has 1 aliphatic rings. The van der Waals surface area contributed by atoms with Gasteiger partial charge in [-0.1, -0.05) is 6.07 Å². The molecule has 1 aliphatic heterocycles. The maximum absolute atomic E-state index is 9.31. The van der Waals surface area contributed by atoms with Crippen LogP contribution in [0.25, 0.3) is 0 Å². The summed E-state index contributed by atoms with van der Waals surface area (Å²) in [6.07, 6.45) is 0.649. The van der Waals surface area contributed by atoms with Crippen LogP contribution in [0, 0.1) is 0 Å². The number of hydrogen-bond acceptors (Lipinski definition) is 3. The Morgan fingerprint density at radius 2 is 2.00 bits per heavy atom. The van der Waals surface area contributed by atoms with Gasteiger partial charge in [0.2, 0.25) is 0 Å². The maximum atomic E-state index is 9.31. The smallest absolute Gasteiger partial charge is 0.183 e. The first-order valence-electron chi connectivity index (χ1n) is 4.49. The van der Waals surface area contributed by atoms with Crippen molar-refractivity contribution in [3.05, 3.63) is 28.2 Å². The summed E-state index contributed by atoms with van der Waals surface area (Å²) in [6, 6.07) is 5.24. The predicted octanol–water partition coefficient (Wildman–Crippen LogP) is 2.59. The molecule has 76 valence electrons. The summed E-state index contributed by atoms with van der Waals surface area (Å²) in [5, 5.41) is 9.31. The van der Waals surface area contributed by atoms with Crippen LogP contribution in [0.5, 0.6) is 5.75 Å². The zero-order valence-corrected chi connectivity index (χ0v) is 9.16. The first-order chi connectivity index (χ1) is 6.77. The predicted molar refractivity (Wildman–Crippen MR) is 55.1 cm³/mol. The number of benzene rings is 1. The van der Waals surface area contributed by atoms with E-state index in [1.165, 1.54) is 0 Å². The highest BCUT2D eigenvalue weighted by molar-refractivity contribution is 9.10. The van der Waals surface area contributed by atoms with E-state index in [0.717, 1.165) is 25.2 Å². The molecule has 1 aromatic rings. The molecule has 1 N–H and O–H groups in total. The standard InChI is InChI=1S/C10H11BrO3/c11-8-6-7(2-3-9(8)12)10-13-4-1-5-14-10/h2-3,6,10,12H,1,4-5H2. The van der Waals surface area contributed by atoms with Crippen molar-refractivity contribution in [2.24, 2.45) is 0 Å². The normalized spacial score (nSPS) is 18.4. The molecular formula is C10H11BrO3. The average Bonchev–Trinajstić information content (AvgIpc) is 2.23. The Hall–Kier alpha value is -0.580. The molecule has 2 rings (SSSR count). The highest BCUT2D eigenvalue weighted by Crippen LogP contribution is 2.30. The highest BCUT2D eigenvalue weighted by Gasteiger charge is 2.17. The summed E-state index contributed by atoms with van der Waals surface area (Å²) in [4.78, 5) is 0. The van der Waals surface area contributed by atoms with E-state index >= 15 is 0 Å². The number of aromatic hydroxyl groups is 1.